The highest BCUT2D eigenvalue weighted by molar-refractivity contribution is 5.91. The van der Waals surface area contributed by atoms with Gasteiger partial charge in [0.05, 0.1) is 5.69 Å². The fourth-order valence-electron chi connectivity index (χ4n) is 3.81. The number of amides is 1. The Hall–Kier alpha value is -3.80. The maximum atomic E-state index is 12.4. The van der Waals surface area contributed by atoms with E-state index in [1.165, 1.54) is 11.1 Å². The third-order valence-electron chi connectivity index (χ3n) is 5.89. The summed E-state index contributed by atoms with van der Waals surface area (Å²) in [6.07, 6.45) is 1.89. The van der Waals surface area contributed by atoms with Crippen LogP contribution < -0.4 is 10.1 Å². The summed E-state index contributed by atoms with van der Waals surface area (Å²) in [7, 11) is 1.86. The Bertz CT molecular complexity index is 1220. The van der Waals surface area contributed by atoms with Gasteiger partial charge in [0.15, 0.2) is 5.76 Å². The molecule has 2 heterocycles. The Labute approximate surface area is 194 Å². The molecule has 4 aromatic rings. The van der Waals surface area contributed by atoms with Crippen molar-refractivity contribution in [3.8, 4) is 5.75 Å². The first-order valence-electron chi connectivity index (χ1n) is 11.0. The molecule has 0 spiro atoms. The Morgan fingerprint density at radius 3 is 2.39 bits per heavy atom. The molecule has 2 aromatic heterocycles. The number of aryl methyl sites for hydroxylation is 2. The number of furan rings is 1. The molecule has 0 fully saturated rings. The lowest BCUT2D eigenvalue weighted by molar-refractivity contribution is 0.0919. The van der Waals surface area contributed by atoms with Gasteiger partial charge in [0.1, 0.15) is 18.1 Å². The summed E-state index contributed by atoms with van der Waals surface area (Å²) in [5.41, 5.74) is 4.24. The highest BCUT2D eigenvalue weighted by atomic mass is 16.5. The molecule has 0 saturated carbocycles. The first-order chi connectivity index (χ1) is 15.8. The average molecular weight is 444 g/mol. The molecule has 0 bridgehead atoms. The highest BCUT2D eigenvalue weighted by Gasteiger charge is 2.22. The third-order valence-corrected chi connectivity index (χ3v) is 5.89. The minimum atomic E-state index is -0.267. The van der Waals surface area contributed by atoms with Crippen molar-refractivity contribution in [1.29, 1.82) is 0 Å². The molecule has 0 unspecified atom stereocenters. The normalized spacial score (nSPS) is 11.4. The molecule has 0 aliphatic rings. The van der Waals surface area contributed by atoms with E-state index in [-0.39, 0.29) is 23.7 Å². The van der Waals surface area contributed by atoms with Gasteiger partial charge in [-0.15, -0.1) is 0 Å². The molecule has 0 radical (unpaired) electrons. The predicted octanol–water partition coefficient (Wildman–Crippen LogP) is 5.16. The summed E-state index contributed by atoms with van der Waals surface area (Å²) in [6.45, 7) is 6.98. The minimum Gasteiger partial charge on any atom is -0.486 e. The van der Waals surface area contributed by atoms with Gasteiger partial charge in [-0.3, -0.25) is 9.48 Å². The van der Waals surface area contributed by atoms with Crippen molar-refractivity contribution >= 4 is 5.91 Å². The molecule has 1 N–H and O–H groups in total. The van der Waals surface area contributed by atoms with Crippen LogP contribution in [-0.2, 0) is 25.6 Å². The Morgan fingerprint density at radius 1 is 1.03 bits per heavy atom. The lowest BCUT2D eigenvalue weighted by atomic mass is 9.78. The first kappa shape index (κ1) is 22.4. The second-order valence-corrected chi connectivity index (χ2v) is 8.67. The largest absolute Gasteiger partial charge is 0.486 e. The number of nitrogens with one attached hydrogen (secondary N) is 1. The fraction of sp³-hybridized carbons (Fsp3) is 0.259. The van der Waals surface area contributed by atoms with Crippen LogP contribution in [0.25, 0.3) is 0 Å². The molecular weight excluding hydrogens is 414 g/mol. The molecule has 0 aliphatic heterocycles. The van der Waals surface area contributed by atoms with Crippen LogP contribution in [0.3, 0.4) is 0 Å². The van der Waals surface area contributed by atoms with Gasteiger partial charge in [-0.1, -0.05) is 56.3 Å². The zero-order chi connectivity index (χ0) is 23.4. The molecule has 1 amide bonds. The number of hydrogen-bond donors (Lipinski definition) is 1. The van der Waals surface area contributed by atoms with Gasteiger partial charge >= 0.3 is 0 Å². The fourth-order valence-corrected chi connectivity index (χ4v) is 3.81. The molecule has 6 heteroatoms. The SMILES string of the molecule is Cc1nn(C)cc1CNC(=O)c1ccc(COc2ccc(C(C)(C)c3ccccc3)cc2)o1. The summed E-state index contributed by atoms with van der Waals surface area (Å²) >= 11 is 0. The van der Waals surface area contributed by atoms with Gasteiger partial charge in [-0.2, -0.15) is 5.10 Å². The van der Waals surface area contributed by atoms with Crippen molar-refractivity contribution in [2.75, 3.05) is 0 Å². The van der Waals surface area contributed by atoms with Gasteiger partial charge in [0.2, 0.25) is 0 Å². The molecule has 4 rings (SSSR count). The molecule has 170 valence electrons. The molecular formula is C27H29N3O3. The van der Waals surface area contributed by atoms with E-state index in [9.17, 15) is 4.79 Å². The van der Waals surface area contributed by atoms with Gasteiger partial charge in [0.25, 0.3) is 5.91 Å². The molecule has 6 nitrogen and oxygen atoms in total. The van der Waals surface area contributed by atoms with Crippen molar-refractivity contribution in [1.82, 2.24) is 15.1 Å². The summed E-state index contributed by atoms with van der Waals surface area (Å²) in [5.74, 6) is 1.33. The number of nitrogens with zero attached hydrogens (tertiary/aromatic N) is 2. The van der Waals surface area contributed by atoms with E-state index in [1.54, 1.807) is 16.8 Å². The summed E-state index contributed by atoms with van der Waals surface area (Å²) in [4.78, 5) is 12.4. The number of aromatic nitrogens is 2. The maximum absolute atomic E-state index is 12.4. The van der Waals surface area contributed by atoms with Crippen molar-refractivity contribution in [2.45, 2.75) is 39.3 Å². The second kappa shape index (κ2) is 9.36. The topological polar surface area (TPSA) is 69.3 Å². The number of rotatable bonds is 8. The minimum absolute atomic E-state index is 0.0998. The van der Waals surface area contributed by atoms with Crippen molar-refractivity contribution < 1.29 is 13.9 Å². The molecule has 0 atom stereocenters. The van der Waals surface area contributed by atoms with Crippen LogP contribution >= 0.6 is 0 Å². The van der Waals surface area contributed by atoms with E-state index in [1.807, 2.05) is 38.4 Å². The molecule has 2 aromatic carbocycles. The number of hydrogen-bond acceptors (Lipinski definition) is 4. The van der Waals surface area contributed by atoms with Gasteiger partial charge < -0.3 is 14.5 Å². The zero-order valence-corrected chi connectivity index (χ0v) is 19.5. The van der Waals surface area contributed by atoms with Crippen LogP contribution in [-0.4, -0.2) is 15.7 Å². The predicted molar refractivity (Wildman–Crippen MR) is 127 cm³/mol. The van der Waals surface area contributed by atoms with E-state index in [0.717, 1.165) is 17.0 Å². The summed E-state index contributed by atoms with van der Waals surface area (Å²) in [5, 5.41) is 7.14. The van der Waals surface area contributed by atoms with Gasteiger partial charge in [-0.05, 0) is 42.3 Å². The number of benzene rings is 2. The molecule has 0 aliphatic carbocycles. The van der Waals surface area contributed by atoms with Crippen LogP contribution in [0.4, 0.5) is 0 Å². The summed E-state index contributed by atoms with van der Waals surface area (Å²) in [6, 6.07) is 22.0. The average Bonchev–Trinajstić information content (AvgIpc) is 3.42. The quantitative estimate of drug-likeness (QED) is 0.409. The van der Waals surface area contributed by atoms with E-state index >= 15 is 0 Å². The highest BCUT2D eigenvalue weighted by Crippen LogP contribution is 2.32. The van der Waals surface area contributed by atoms with Gasteiger partial charge in [-0.25, -0.2) is 0 Å². The zero-order valence-electron chi connectivity index (χ0n) is 19.5. The number of ether oxygens (including phenoxy) is 1. The monoisotopic (exact) mass is 443 g/mol. The third kappa shape index (κ3) is 5.17. The van der Waals surface area contributed by atoms with Crippen LogP contribution in [0.5, 0.6) is 5.75 Å². The van der Waals surface area contributed by atoms with Crippen LogP contribution in [0.15, 0.2) is 77.3 Å². The number of carbonyl (C=O) groups is 1. The maximum Gasteiger partial charge on any atom is 0.287 e. The molecule has 0 saturated heterocycles. The lowest BCUT2D eigenvalue weighted by Crippen LogP contribution is -2.22. The van der Waals surface area contributed by atoms with Gasteiger partial charge in [0, 0.05) is 30.8 Å². The Balaban J connectivity index is 1.32. The van der Waals surface area contributed by atoms with E-state index in [4.69, 9.17) is 9.15 Å². The van der Waals surface area contributed by atoms with Crippen molar-refractivity contribution in [3.63, 3.8) is 0 Å². The Kier molecular flexibility index (Phi) is 6.36. The van der Waals surface area contributed by atoms with Crippen molar-refractivity contribution in [3.05, 3.63) is 107 Å². The van der Waals surface area contributed by atoms with Crippen LogP contribution in [0, 0.1) is 6.92 Å². The standard InChI is InChI=1S/C27H29N3O3/c1-19-20(17-30(4)29-19)16-28-26(31)25-15-14-24(33-25)18-32-23-12-10-22(11-13-23)27(2,3)21-8-6-5-7-9-21/h5-15,17H,16,18H2,1-4H3,(H,28,31). The summed E-state index contributed by atoms with van der Waals surface area (Å²) < 4.78 is 13.3. The van der Waals surface area contributed by atoms with E-state index in [0.29, 0.717) is 12.3 Å². The van der Waals surface area contributed by atoms with Crippen LogP contribution in [0.1, 0.15) is 52.5 Å². The van der Waals surface area contributed by atoms with E-state index < -0.39 is 0 Å². The molecule has 33 heavy (non-hydrogen) atoms. The first-order valence-corrected chi connectivity index (χ1v) is 11.0. The van der Waals surface area contributed by atoms with Crippen LogP contribution in [0.2, 0.25) is 0 Å². The van der Waals surface area contributed by atoms with Crippen molar-refractivity contribution in [2.24, 2.45) is 7.05 Å². The Morgan fingerprint density at radius 2 is 1.73 bits per heavy atom. The number of carbonyl (C=O) groups excluding carboxylic acids is 1. The lowest BCUT2D eigenvalue weighted by Gasteiger charge is -2.26. The smallest absolute Gasteiger partial charge is 0.287 e. The second-order valence-electron chi connectivity index (χ2n) is 8.67. The van der Waals surface area contributed by atoms with E-state index in [2.05, 4.69) is 60.7 Å².